The van der Waals surface area contributed by atoms with Crippen LogP contribution in [-0.2, 0) is 0 Å². The number of anilines is 1. The highest BCUT2D eigenvalue weighted by molar-refractivity contribution is 7.13. The molecule has 0 bridgehead atoms. The van der Waals surface area contributed by atoms with Crippen LogP contribution in [0.1, 0.15) is 31.5 Å². The van der Waals surface area contributed by atoms with E-state index in [9.17, 15) is 4.79 Å². The molecule has 0 spiro atoms. The van der Waals surface area contributed by atoms with E-state index in [-0.39, 0.29) is 12.1 Å². The van der Waals surface area contributed by atoms with E-state index in [1.54, 1.807) is 0 Å². The number of rotatable bonds is 4. The number of carbonyl (C=O) groups excluding carboxylic acids is 1. The average Bonchev–Trinajstić information content (AvgIpc) is 2.94. The highest BCUT2D eigenvalue weighted by Gasteiger charge is 2.23. The highest BCUT2D eigenvalue weighted by atomic mass is 32.1. The number of urea groups is 1. The molecule has 16 heavy (non-hydrogen) atoms. The van der Waals surface area contributed by atoms with Crippen LogP contribution in [0.15, 0.2) is 5.38 Å². The summed E-state index contributed by atoms with van der Waals surface area (Å²) in [4.78, 5) is 15.8. The molecule has 1 aliphatic carbocycles. The zero-order chi connectivity index (χ0) is 11.5. The molecule has 88 valence electrons. The van der Waals surface area contributed by atoms with Crippen molar-refractivity contribution >= 4 is 22.5 Å². The average molecular weight is 240 g/mol. The zero-order valence-electron chi connectivity index (χ0n) is 9.41. The van der Waals surface area contributed by atoms with Crippen LogP contribution in [0, 0.1) is 0 Å². The molecule has 0 radical (unpaired) electrons. The number of carbonyl (C=O) groups is 1. The Bertz CT molecular complexity index is 375. The molecule has 1 saturated carbocycles. The van der Waals surface area contributed by atoms with Gasteiger partial charge in [0.05, 0.1) is 5.69 Å². The lowest BCUT2D eigenvalue weighted by Gasteiger charge is -2.05. The molecule has 0 aliphatic heterocycles. The normalized spacial score (nSPS) is 16.9. The molecule has 2 amide bonds. The van der Waals surface area contributed by atoms with Crippen LogP contribution in [-0.4, -0.2) is 24.1 Å². The van der Waals surface area contributed by atoms with Gasteiger partial charge in [0.1, 0.15) is 0 Å². The van der Waals surface area contributed by atoms with Crippen LogP contribution in [0.5, 0.6) is 0 Å². The minimum atomic E-state index is -0.152. The van der Waals surface area contributed by atoms with Crippen LogP contribution in [0.4, 0.5) is 9.93 Å². The summed E-state index contributed by atoms with van der Waals surface area (Å²) in [5.74, 6) is 0. The molecule has 0 aromatic carbocycles. The molecule has 1 atom stereocenters. The molecule has 1 aromatic rings. The molecule has 1 fully saturated rings. The van der Waals surface area contributed by atoms with Crippen molar-refractivity contribution in [2.24, 2.45) is 0 Å². The topological polar surface area (TPSA) is 66.0 Å². The van der Waals surface area contributed by atoms with Crippen molar-refractivity contribution in [3.63, 3.8) is 0 Å². The predicted molar refractivity (Wildman–Crippen MR) is 64.8 cm³/mol. The van der Waals surface area contributed by atoms with Crippen molar-refractivity contribution in [3.8, 4) is 0 Å². The number of hydrogen-bond acceptors (Lipinski definition) is 4. The van der Waals surface area contributed by atoms with Gasteiger partial charge in [-0.15, -0.1) is 11.3 Å². The van der Waals surface area contributed by atoms with Gasteiger partial charge in [0.2, 0.25) is 0 Å². The van der Waals surface area contributed by atoms with Crippen molar-refractivity contribution in [1.29, 1.82) is 0 Å². The van der Waals surface area contributed by atoms with Gasteiger partial charge < -0.3 is 10.6 Å². The Morgan fingerprint density at radius 3 is 3.00 bits per heavy atom. The SMILES string of the molecule is CNC(C)c1csc(NC(=O)NC2CC2)n1. The molecule has 2 rings (SSSR count). The van der Waals surface area contributed by atoms with Gasteiger partial charge in [-0.2, -0.15) is 0 Å². The number of thiazole rings is 1. The summed E-state index contributed by atoms with van der Waals surface area (Å²) in [6.07, 6.45) is 2.18. The van der Waals surface area contributed by atoms with Gasteiger partial charge in [0.25, 0.3) is 0 Å². The number of nitrogens with one attached hydrogen (secondary N) is 3. The fraction of sp³-hybridized carbons (Fsp3) is 0.600. The Hall–Kier alpha value is -1.14. The summed E-state index contributed by atoms with van der Waals surface area (Å²) in [6, 6.07) is 0.425. The van der Waals surface area contributed by atoms with E-state index < -0.39 is 0 Å². The highest BCUT2D eigenvalue weighted by Crippen LogP contribution is 2.21. The Labute approximate surface area is 98.7 Å². The van der Waals surface area contributed by atoms with Crippen molar-refractivity contribution in [3.05, 3.63) is 11.1 Å². The van der Waals surface area contributed by atoms with Crippen molar-refractivity contribution in [1.82, 2.24) is 15.6 Å². The first-order valence-corrected chi connectivity index (χ1v) is 6.27. The Morgan fingerprint density at radius 1 is 1.62 bits per heavy atom. The lowest BCUT2D eigenvalue weighted by Crippen LogP contribution is -2.30. The lowest BCUT2D eigenvalue weighted by molar-refractivity contribution is 0.251. The maximum Gasteiger partial charge on any atom is 0.321 e. The fourth-order valence-electron chi connectivity index (χ4n) is 1.24. The van der Waals surface area contributed by atoms with Crippen LogP contribution in [0.2, 0.25) is 0 Å². The third-order valence-corrected chi connectivity index (χ3v) is 3.31. The summed E-state index contributed by atoms with van der Waals surface area (Å²) in [6.45, 7) is 2.03. The van der Waals surface area contributed by atoms with E-state index in [1.807, 2.05) is 19.4 Å². The molecular weight excluding hydrogens is 224 g/mol. The molecule has 1 unspecified atom stereocenters. The summed E-state index contributed by atoms with van der Waals surface area (Å²) in [5, 5.41) is 11.3. The molecule has 1 heterocycles. The van der Waals surface area contributed by atoms with E-state index in [0.717, 1.165) is 18.5 Å². The molecule has 1 aromatic heterocycles. The second-order valence-electron chi connectivity index (χ2n) is 3.96. The number of aromatic nitrogens is 1. The first-order valence-electron chi connectivity index (χ1n) is 5.39. The first-order chi connectivity index (χ1) is 7.69. The summed E-state index contributed by atoms with van der Waals surface area (Å²) >= 11 is 1.45. The Morgan fingerprint density at radius 2 is 2.38 bits per heavy atom. The van der Waals surface area contributed by atoms with Gasteiger partial charge in [-0.3, -0.25) is 5.32 Å². The van der Waals surface area contributed by atoms with Gasteiger partial charge in [-0.25, -0.2) is 9.78 Å². The number of amides is 2. The van der Waals surface area contributed by atoms with Crippen LogP contribution in [0.25, 0.3) is 0 Å². The maximum absolute atomic E-state index is 11.4. The van der Waals surface area contributed by atoms with Gasteiger partial charge in [0, 0.05) is 17.5 Å². The standard InChI is InChI=1S/C10H16N4OS/c1-6(11-2)8-5-16-10(13-8)14-9(15)12-7-3-4-7/h5-7,11H,3-4H2,1-2H3,(H2,12,13,14,15). The van der Waals surface area contributed by atoms with E-state index in [2.05, 4.69) is 20.9 Å². The fourth-order valence-corrected chi connectivity index (χ4v) is 2.04. The van der Waals surface area contributed by atoms with E-state index in [4.69, 9.17) is 0 Å². The molecule has 1 aliphatic rings. The summed E-state index contributed by atoms with van der Waals surface area (Å²) < 4.78 is 0. The smallest absolute Gasteiger partial charge is 0.321 e. The zero-order valence-corrected chi connectivity index (χ0v) is 10.2. The first kappa shape index (κ1) is 11.3. The lowest BCUT2D eigenvalue weighted by atomic mass is 10.3. The van der Waals surface area contributed by atoms with Crippen molar-refractivity contribution in [2.75, 3.05) is 12.4 Å². The van der Waals surface area contributed by atoms with Crippen LogP contribution in [0.3, 0.4) is 0 Å². The van der Waals surface area contributed by atoms with Crippen LogP contribution >= 0.6 is 11.3 Å². The van der Waals surface area contributed by atoms with Gasteiger partial charge in [-0.05, 0) is 26.8 Å². The van der Waals surface area contributed by atoms with Gasteiger partial charge in [-0.1, -0.05) is 0 Å². The van der Waals surface area contributed by atoms with E-state index >= 15 is 0 Å². The monoisotopic (exact) mass is 240 g/mol. The van der Waals surface area contributed by atoms with Gasteiger partial charge in [0.15, 0.2) is 5.13 Å². The van der Waals surface area contributed by atoms with E-state index in [0.29, 0.717) is 11.2 Å². The summed E-state index contributed by atoms with van der Waals surface area (Å²) in [5.41, 5.74) is 0.953. The number of nitrogens with zero attached hydrogens (tertiary/aromatic N) is 1. The maximum atomic E-state index is 11.4. The third kappa shape index (κ3) is 2.93. The van der Waals surface area contributed by atoms with Gasteiger partial charge >= 0.3 is 6.03 Å². The molecule has 5 nitrogen and oxygen atoms in total. The largest absolute Gasteiger partial charge is 0.335 e. The second-order valence-corrected chi connectivity index (χ2v) is 4.82. The van der Waals surface area contributed by atoms with Crippen molar-refractivity contribution < 1.29 is 4.79 Å². The quantitative estimate of drug-likeness (QED) is 0.750. The third-order valence-electron chi connectivity index (χ3n) is 2.53. The predicted octanol–water partition coefficient (Wildman–Crippen LogP) is 1.71. The second kappa shape index (κ2) is 4.80. The number of hydrogen-bond donors (Lipinski definition) is 3. The Balaban J connectivity index is 1.88. The molecule has 6 heteroatoms. The molecule has 0 saturated heterocycles. The van der Waals surface area contributed by atoms with Crippen molar-refractivity contribution in [2.45, 2.75) is 31.8 Å². The minimum absolute atomic E-state index is 0.152. The summed E-state index contributed by atoms with van der Waals surface area (Å²) in [7, 11) is 1.89. The van der Waals surface area contributed by atoms with Crippen LogP contribution < -0.4 is 16.0 Å². The minimum Gasteiger partial charge on any atom is -0.335 e. The van der Waals surface area contributed by atoms with E-state index in [1.165, 1.54) is 11.3 Å². The Kier molecular flexibility index (Phi) is 3.40. The molecule has 3 N–H and O–H groups in total. The molecular formula is C10H16N4OS.